The maximum atomic E-state index is 13.2. The van der Waals surface area contributed by atoms with Crippen molar-refractivity contribution in [2.75, 3.05) is 27.4 Å². The van der Waals surface area contributed by atoms with Gasteiger partial charge in [0, 0.05) is 44.2 Å². The molecule has 14 heteroatoms. The van der Waals surface area contributed by atoms with Crippen LogP contribution < -0.4 is 9.47 Å². The van der Waals surface area contributed by atoms with Gasteiger partial charge < -0.3 is 37.9 Å². The Balaban J connectivity index is 1.71. The van der Waals surface area contributed by atoms with Crippen LogP contribution in [0.25, 0.3) is 0 Å². The molecule has 1 aliphatic rings. The number of carbonyl (C=O) groups is 6. The van der Waals surface area contributed by atoms with E-state index in [0.29, 0.717) is 48.1 Å². The maximum absolute atomic E-state index is 13.2. The van der Waals surface area contributed by atoms with Crippen LogP contribution in [-0.2, 0) is 65.4 Å². The second kappa shape index (κ2) is 35.5. The lowest BCUT2D eigenvalue weighted by molar-refractivity contribution is -0.166. The van der Waals surface area contributed by atoms with Crippen molar-refractivity contribution >= 4 is 35.8 Å². The van der Waals surface area contributed by atoms with Gasteiger partial charge in [-0.1, -0.05) is 148 Å². The molecule has 0 N–H and O–H groups in total. The number of cyclic esters (lactones) is 1. The van der Waals surface area contributed by atoms with E-state index in [1.165, 1.54) is 78.2 Å². The fraction of sp³-hybridized carbons (Fsp3) is 0.745. The molecule has 1 aliphatic heterocycles. The topological polar surface area (TPSA) is 176 Å². The van der Waals surface area contributed by atoms with Crippen molar-refractivity contribution in [1.29, 1.82) is 0 Å². The Bertz CT molecular complexity index is 1750. The van der Waals surface area contributed by atoms with Crippen LogP contribution in [0.5, 0.6) is 11.5 Å². The minimum absolute atomic E-state index is 0.0753. The summed E-state index contributed by atoms with van der Waals surface area (Å²) in [5.41, 5.74) is 3.29. The number of benzene rings is 1. The summed E-state index contributed by atoms with van der Waals surface area (Å²) in [6.07, 6.45) is 23.7. The Kier molecular flexibility index (Phi) is 31.1. The van der Waals surface area contributed by atoms with Gasteiger partial charge in [-0.25, -0.2) is 4.79 Å². The third-order valence-corrected chi connectivity index (χ3v) is 12.7. The predicted octanol–water partition coefficient (Wildman–Crippen LogP) is 12.3. The highest BCUT2D eigenvalue weighted by Gasteiger charge is 2.34. The van der Waals surface area contributed by atoms with E-state index in [-0.39, 0.29) is 62.2 Å². The zero-order valence-electron chi connectivity index (χ0n) is 43.9. The Hall–Kier alpha value is -4.62. The molecule has 4 atom stereocenters. The molecule has 1 heterocycles. The quantitative estimate of drug-likeness (QED) is 0.0200. The van der Waals surface area contributed by atoms with Gasteiger partial charge in [0.15, 0.2) is 6.10 Å². The van der Waals surface area contributed by atoms with Crippen molar-refractivity contribution in [1.82, 2.24) is 0 Å². The Morgan fingerprint density at radius 3 is 1.84 bits per heavy atom. The molecule has 69 heavy (non-hydrogen) atoms. The lowest BCUT2D eigenvalue weighted by Gasteiger charge is -2.23. The summed E-state index contributed by atoms with van der Waals surface area (Å²) in [5, 5.41) is 0. The summed E-state index contributed by atoms with van der Waals surface area (Å²) < 4.78 is 44.0. The van der Waals surface area contributed by atoms with Crippen LogP contribution in [0.2, 0.25) is 0 Å². The lowest BCUT2D eigenvalue weighted by Crippen LogP contribution is -2.31. The van der Waals surface area contributed by atoms with Gasteiger partial charge in [-0.3, -0.25) is 24.0 Å². The summed E-state index contributed by atoms with van der Waals surface area (Å²) >= 11 is 0. The molecule has 2 rings (SSSR count). The van der Waals surface area contributed by atoms with E-state index in [1.54, 1.807) is 14.0 Å². The van der Waals surface area contributed by atoms with Crippen molar-refractivity contribution in [3.8, 4) is 11.5 Å². The van der Waals surface area contributed by atoms with E-state index < -0.39 is 36.3 Å². The van der Waals surface area contributed by atoms with Crippen molar-refractivity contribution in [3.05, 3.63) is 33.9 Å². The number of esters is 6. The van der Waals surface area contributed by atoms with Gasteiger partial charge in [0.2, 0.25) is 6.29 Å². The third-order valence-electron chi connectivity index (χ3n) is 12.7. The lowest BCUT2D eigenvalue weighted by atomic mass is 9.94. The Labute approximate surface area is 413 Å². The normalized spacial score (nSPS) is 13.9. The number of hydrogen-bond donors (Lipinski definition) is 0. The largest absolute Gasteiger partial charge is 0.496 e. The van der Waals surface area contributed by atoms with Crippen molar-refractivity contribution < 1.29 is 66.7 Å². The number of methoxy groups -OCH3 is 2. The molecular weight excluding hydrogens is 885 g/mol. The molecule has 4 unspecified atom stereocenters. The average molecular weight is 973 g/mol. The van der Waals surface area contributed by atoms with Gasteiger partial charge in [0.1, 0.15) is 36.9 Å². The third kappa shape index (κ3) is 25.2. The van der Waals surface area contributed by atoms with Crippen LogP contribution in [0, 0.1) is 18.8 Å². The van der Waals surface area contributed by atoms with Crippen LogP contribution in [0.15, 0.2) is 11.6 Å². The van der Waals surface area contributed by atoms with Crippen molar-refractivity contribution in [2.45, 2.75) is 228 Å². The van der Waals surface area contributed by atoms with Crippen molar-refractivity contribution in [3.63, 3.8) is 0 Å². The fourth-order valence-electron chi connectivity index (χ4n) is 8.47. The van der Waals surface area contributed by atoms with E-state index in [1.807, 2.05) is 33.8 Å². The molecule has 1 aromatic rings. The van der Waals surface area contributed by atoms with E-state index in [0.717, 1.165) is 68.9 Å². The second-order valence-electron chi connectivity index (χ2n) is 19.0. The van der Waals surface area contributed by atoms with Crippen LogP contribution in [0.4, 0.5) is 0 Å². The smallest absolute Gasteiger partial charge is 0.342 e. The number of carbonyl (C=O) groups excluding carboxylic acids is 6. The monoisotopic (exact) mass is 973 g/mol. The Morgan fingerprint density at radius 1 is 0.667 bits per heavy atom. The SMILES string of the molecule is CCCCCCCCCCCCCCCC(=O)OCC(COC(C)=O)OC(=O)CC(C)CCCCCCCC(C)C(=O)OC(C)Oc1c(C/C=C(\C)CCC(=O)OC)c(OC)c(C)c2c1C(=O)OC2. The molecule has 0 spiro atoms. The minimum Gasteiger partial charge on any atom is -0.496 e. The number of ether oxygens (including phenoxy) is 8. The van der Waals surface area contributed by atoms with E-state index in [4.69, 9.17) is 37.9 Å². The number of allylic oxidation sites excluding steroid dienone is 2. The molecule has 0 fully saturated rings. The summed E-state index contributed by atoms with van der Waals surface area (Å²) in [4.78, 5) is 74.6. The van der Waals surface area contributed by atoms with Crippen LogP contribution in [0.1, 0.15) is 223 Å². The molecule has 0 aromatic heterocycles. The molecule has 0 aliphatic carbocycles. The molecule has 0 bridgehead atoms. The van der Waals surface area contributed by atoms with Gasteiger partial charge in [0.05, 0.1) is 20.1 Å². The highest BCUT2D eigenvalue weighted by atomic mass is 16.7. The van der Waals surface area contributed by atoms with Gasteiger partial charge >= 0.3 is 35.8 Å². The molecule has 0 radical (unpaired) electrons. The molecule has 392 valence electrons. The molecule has 0 saturated heterocycles. The number of unbranched alkanes of at least 4 members (excludes halogenated alkanes) is 16. The minimum atomic E-state index is -1.01. The maximum Gasteiger partial charge on any atom is 0.342 e. The van der Waals surface area contributed by atoms with Gasteiger partial charge in [-0.05, 0) is 51.0 Å². The fourth-order valence-corrected chi connectivity index (χ4v) is 8.47. The zero-order valence-corrected chi connectivity index (χ0v) is 43.9. The highest BCUT2D eigenvalue weighted by Crippen LogP contribution is 2.43. The van der Waals surface area contributed by atoms with E-state index in [2.05, 4.69) is 6.92 Å². The predicted molar refractivity (Wildman–Crippen MR) is 265 cm³/mol. The Morgan fingerprint density at radius 2 is 1.25 bits per heavy atom. The molecule has 0 amide bonds. The standard InChI is InChI=1S/C55H88O14/c1-10-11-12-13-14-15-16-17-18-19-20-24-27-30-49(58)65-37-45(36-64-43(6)56)69-50(59)35-40(3)28-25-22-21-23-26-29-41(4)54(60)68-44(7)67-53-46(33-31-39(2)32-34-48(57)62-8)52(63-9)42(5)47-38-66-55(61)51(47)53/h31,40-41,44-45H,10-30,32-38H2,1-9H3/b39-31+. The summed E-state index contributed by atoms with van der Waals surface area (Å²) in [5.74, 6) is -1.99. The van der Waals surface area contributed by atoms with Crippen LogP contribution >= 0.6 is 0 Å². The molecule has 0 saturated carbocycles. The number of rotatable bonds is 39. The highest BCUT2D eigenvalue weighted by molar-refractivity contribution is 5.98. The summed E-state index contributed by atoms with van der Waals surface area (Å²) in [6, 6.07) is 0. The van der Waals surface area contributed by atoms with Crippen LogP contribution in [0.3, 0.4) is 0 Å². The molecular formula is C55H88O14. The van der Waals surface area contributed by atoms with Gasteiger partial charge in [-0.15, -0.1) is 0 Å². The van der Waals surface area contributed by atoms with E-state index >= 15 is 0 Å². The first-order chi connectivity index (χ1) is 33.1. The average Bonchev–Trinajstić information content (AvgIpc) is 3.71. The first-order valence-electron chi connectivity index (χ1n) is 26.1. The zero-order chi connectivity index (χ0) is 51.0. The first kappa shape index (κ1) is 60.5. The van der Waals surface area contributed by atoms with E-state index in [9.17, 15) is 28.8 Å². The van der Waals surface area contributed by atoms with Crippen molar-refractivity contribution in [2.24, 2.45) is 11.8 Å². The second-order valence-corrected chi connectivity index (χ2v) is 19.0. The van der Waals surface area contributed by atoms with Gasteiger partial charge in [0.25, 0.3) is 0 Å². The first-order valence-corrected chi connectivity index (χ1v) is 26.1. The summed E-state index contributed by atoms with van der Waals surface area (Å²) in [7, 11) is 2.90. The number of hydrogen-bond acceptors (Lipinski definition) is 14. The molecule has 1 aromatic carbocycles. The number of fused-ring (bicyclic) bond motifs is 1. The van der Waals surface area contributed by atoms with Gasteiger partial charge in [-0.2, -0.15) is 0 Å². The van der Waals surface area contributed by atoms with Crippen LogP contribution in [-0.4, -0.2) is 75.6 Å². The summed E-state index contributed by atoms with van der Waals surface area (Å²) in [6.45, 7) is 12.5. The molecule has 14 nitrogen and oxygen atoms in total.